The molecule has 0 bridgehead atoms. The predicted molar refractivity (Wildman–Crippen MR) is 101 cm³/mol. The molecule has 1 fully saturated rings. The van der Waals surface area contributed by atoms with Crippen LogP contribution in [0.3, 0.4) is 0 Å². The Bertz CT molecular complexity index is 699. The molecule has 2 N–H and O–H groups in total. The molecule has 0 atom stereocenters. The van der Waals surface area contributed by atoms with Crippen molar-refractivity contribution in [3.05, 3.63) is 54.2 Å². The molecule has 0 unspecified atom stereocenters. The minimum atomic E-state index is -0.0276. The Kier molecular flexibility index (Phi) is 4.93. The average molecular weight is 339 g/mol. The van der Waals surface area contributed by atoms with Gasteiger partial charge in [-0.05, 0) is 29.2 Å². The van der Waals surface area contributed by atoms with Crippen molar-refractivity contribution in [1.29, 1.82) is 0 Å². The van der Waals surface area contributed by atoms with Gasteiger partial charge in [0.05, 0.1) is 19.3 Å². The summed E-state index contributed by atoms with van der Waals surface area (Å²) in [5, 5.41) is 3.01. The van der Waals surface area contributed by atoms with E-state index in [2.05, 4.69) is 54.2 Å². The predicted octanol–water partition coefficient (Wildman–Crippen LogP) is 3.15. The van der Waals surface area contributed by atoms with Crippen molar-refractivity contribution in [2.75, 3.05) is 36.4 Å². The van der Waals surface area contributed by atoms with E-state index in [-0.39, 0.29) is 11.4 Å². The molecular weight excluding hydrogens is 312 g/mol. The van der Waals surface area contributed by atoms with Gasteiger partial charge in [-0.3, -0.25) is 4.90 Å². The number of piperazine rings is 1. The highest BCUT2D eigenvalue weighted by atomic mass is 16.2. The van der Waals surface area contributed by atoms with Gasteiger partial charge in [-0.1, -0.05) is 39.0 Å². The Morgan fingerprint density at radius 3 is 2.24 bits per heavy atom. The number of hydrogen-bond donors (Lipinski definition) is 1. The van der Waals surface area contributed by atoms with E-state index in [9.17, 15) is 4.79 Å². The van der Waals surface area contributed by atoms with E-state index < -0.39 is 0 Å². The summed E-state index contributed by atoms with van der Waals surface area (Å²) in [7, 11) is 0. The van der Waals surface area contributed by atoms with Crippen LogP contribution in [0.1, 0.15) is 26.3 Å². The second-order valence-corrected chi connectivity index (χ2v) is 7.48. The van der Waals surface area contributed by atoms with Crippen LogP contribution in [-0.2, 0) is 5.41 Å². The zero-order valence-electron chi connectivity index (χ0n) is 15.2. The molecular formula is C20H27N4O+. The number of aromatic amines is 1. The molecule has 2 aromatic rings. The number of benzene rings is 1. The van der Waals surface area contributed by atoms with Crippen LogP contribution in [-0.4, -0.2) is 37.1 Å². The number of hydrogen-bond acceptors (Lipinski definition) is 2. The molecule has 0 spiro atoms. The normalized spacial score (nSPS) is 15.2. The molecule has 2 amide bonds. The minimum Gasteiger partial charge on any atom is -0.317 e. The number of aromatic nitrogens is 1. The number of carbonyl (C=O) groups is 1. The van der Waals surface area contributed by atoms with E-state index in [1.54, 1.807) is 0 Å². The zero-order valence-corrected chi connectivity index (χ0v) is 15.2. The number of carbonyl (C=O) groups excluding carboxylic acids is 1. The lowest BCUT2D eigenvalue weighted by molar-refractivity contribution is -0.364. The first kappa shape index (κ1) is 17.3. The molecule has 132 valence electrons. The van der Waals surface area contributed by atoms with Gasteiger partial charge < -0.3 is 10.2 Å². The van der Waals surface area contributed by atoms with Crippen LogP contribution < -0.4 is 15.2 Å². The maximum absolute atomic E-state index is 12.5. The first-order valence-corrected chi connectivity index (χ1v) is 8.81. The molecule has 25 heavy (non-hydrogen) atoms. The maximum atomic E-state index is 12.5. The summed E-state index contributed by atoms with van der Waals surface area (Å²) < 4.78 is 0. The van der Waals surface area contributed by atoms with Gasteiger partial charge in [0.2, 0.25) is 0 Å². The summed E-state index contributed by atoms with van der Waals surface area (Å²) >= 11 is 0. The Morgan fingerprint density at radius 2 is 1.68 bits per heavy atom. The molecule has 0 radical (unpaired) electrons. The fourth-order valence-electron chi connectivity index (χ4n) is 2.99. The van der Waals surface area contributed by atoms with Crippen molar-refractivity contribution in [2.45, 2.75) is 26.2 Å². The summed E-state index contributed by atoms with van der Waals surface area (Å²) in [4.78, 5) is 19.9. The summed E-state index contributed by atoms with van der Waals surface area (Å²) in [6.45, 7) is 9.65. The Morgan fingerprint density at radius 1 is 1.00 bits per heavy atom. The largest absolute Gasteiger partial charge is 0.322 e. The van der Waals surface area contributed by atoms with E-state index in [4.69, 9.17) is 0 Å². The molecule has 2 heterocycles. The van der Waals surface area contributed by atoms with Gasteiger partial charge in [0.25, 0.3) is 5.82 Å². The minimum absolute atomic E-state index is 0.0276. The van der Waals surface area contributed by atoms with Gasteiger partial charge in [-0.2, -0.15) is 0 Å². The summed E-state index contributed by atoms with van der Waals surface area (Å²) in [5.41, 5.74) is 2.22. The highest BCUT2D eigenvalue weighted by molar-refractivity contribution is 5.89. The van der Waals surface area contributed by atoms with Gasteiger partial charge >= 0.3 is 6.03 Å². The van der Waals surface area contributed by atoms with Crippen LogP contribution >= 0.6 is 0 Å². The first-order chi connectivity index (χ1) is 11.9. The van der Waals surface area contributed by atoms with Crippen LogP contribution in [0.5, 0.6) is 0 Å². The molecule has 1 aromatic heterocycles. The van der Waals surface area contributed by atoms with Crippen LogP contribution in [0.4, 0.5) is 16.3 Å². The highest BCUT2D eigenvalue weighted by Crippen LogP contribution is 2.23. The highest BCUT2D eigenvalue weighted by Gasteiger charge is 2.26. The molecule has 5 heteroatoms. The lowest BCUT2D eigenvalue weighted by atomic mass is 9.87. The van der Waals surface area contributed by atoms with Crippen molar-refractivity contribution in [3.8, 4) is 0 Å². The number of anilines is 2. The van der Waals surface area contributed by atoms with Crippen molar-refractivity contribution in [1.82, 2.24) is 4.90 Å². The van der Waals surface area contributed by atoms with E-state index in [0.717, 1.165) is 24.6 Å². The molecule has 5 nitrogen and oxygen atoms in total. The monoisotopic (exact) mass is 339 g/mol. The number of nitrogens with one attached hydrogen (secondary N) is 2. The van der Waals surface area contributed by atoms with Crippen molar-refractivity contribution >= 4 is 17.5 Å². The number of H-pyrrole nitrogens is 1. The smallest absolute Gasteiger partial charge is 0.317 e. The summed E-state index contributed by atoms with van der Waals surface area (Å²) in [6.07, 6.45) is 1.93. The maximum Gasteiger partial charge on any atom is 0.322 e. The van der Waals surface area contributed by atoms with Crippen molar-refractivity contribution in [2.24, 2.45) is 0 Å². The average Bonchev–Trinajstić information content (AvgIpc) is 2.62. The molecule has 3 rings (SSSR count). The number of amides is 2. The zero-order chi connectivity index (χ0) is 17.9. The number of pyridine rings is 1. The van der Waals surface area contributed by atoms with Crippen LogP contribution in [0.2, 0.25) is 0 Å². The standard InChI is InChI=1S/C20H26N4O/c1-20(2,3)16-7-9-17(10-8-16)22-19(25)24-14-12-23(13-15-24)18-6-4-5-11-21-18/h4-11H,12-15H2,1-3H3,(H,22,25)/p+1. The summed E-state index contributed by atoms with van der Waals surface area (Å²) in [6, 6.07) is 14.1. The quantitative estimate of drug-likeness (QED) is 0.914. The topological polar surface area (TPSA) is 49.7 Å². The number of urea groups is 1. The molecule has 1 aliphatic heterocycles. The van der Waals surface area contributed by atoms with Crippen LogP contribution in [0.25, 0.3) is 0 Å². The van der Waals surface area contributed by atoms with Gasteiger partial charge in [-0.25, -0.2) is 9.78 Å². The van der Waals surface area contributed by atoms with Gasteiger partial charge in [0, 0.05) is 11.8 Å². The fourth-order valence-corrected chi connectivity index (χ4v) is 2.99. The lowest BCUT2D eigenvalue weighted by Gasteiger charge is -2.31. The van der Waals surface area contributed by atoms with Crippen molar-refractivity contribution in [3.63, 3.8) is 0 Å². The van der Waals surface area contributed by atoms with Gasteiger partial charge in [0.15, 0.2) is 0 Å². The van der Waals surface area contributed by atoms with Gasteiger partial charge in [0.1, 0.15) is 13.1 Å². The van der Waals surface area contributed by atoms with Crippen molar-refractivity contribution < 1.29 is 9.78 Å². The Balaban J connectivity index is 1.54. The fraction of sp³-hybridized carbons (Fsp3) is 0.400. The third kappa shape index (κ3) is 4.29. The molecule has 1 aromatic carbocycles. The third-order valence-electron chi connectivity index (χ3n) is 4.60. The summed E-state index contributed by atoms with van der Waals surface area (Å²) in [5.74, 6) is 1.10. The number of nitrogens with zero attached hydrogens (tertiary/aromatic N) is 2. The third-order valence-corrected chi connectivity index (χ3v) is 4.60. The Labute approximate surface area is 149 Å². The van der Waals surface area contributed by atoms with E-state index in [0.29, 0.717) is 13.1 Å². The number of rotatable bonds is 2. The van der Waals surface area contributed by atoms with E-state index >= 15 is 0 Å². The van der Waals surface area contributed by atoms with Crippen LogP contribution in [0, 0.1) is 0 Å². The Hall–Kier alpha value is -2.56. The molecule has 1 aliphatic rings. The molecule has 0 saturated carbocycles. The van der Waals surface area contributed by atoms with Gasteiger partial charge in [-0.15, -0.1) is 0 Å². The lowest BCUT2D eigenvalue weighted by Crippen LogP contribution is -2.51. The first-order valence-electron chi connectivity index (χ1n) is 8.81. The van der Waals surface area contributed by atoms with E-state index in [1.807, 2.05) is 35.4 Å². The second-order valence-electron chi connectivity index (χ2n) is 7.48. The molecule has 1 saturated heterocycles. The van der Waals surface area contributed by atoms with Crippen LogP contribution in [0.15, 0.2) is 48.7 Å². The van der Waals surface area contributed by atoms with E-state index in [1.165, 1.54) is 5.56 Å². The molecule has 0 aliphatic carbocycles. The second kappa shape index (κ2) is 7.13. The SMILES string of the molecule is CC(C)(C)c1ccc(NC(=O)N2CCN(c3cccc[nH+]3)CC2)cc1.